The van der Waals surface area contributed by atoms with Gasteiger partial charge in [0.05, 0.1) is 0 Å². The summed E-state index contributed by atoms with van der Waals surface area (Å²) in [5, 5.41) is 0. The number of hydrogen-bond donors (Lipinski definition) is 0. The van der Waals surface area contributed by atoms with Crippen LogP contribution in [-0.4, -0.2) is 23.8 Å². The third kappa shape index (κ3) is 3.66. The lowest BCUT2D eigenvalue weighted by Gasteiger charge is -2.36. The maximum Gasteiger partial charge on any atom is 0.138 e. The lowest BCUT2D eigenvalue weighted by atomic mass is 9.90. The molecule has 2 nitrogen and oxygen atoms in total. The van der Waals surface area contributed by atoms with Crippen molar-refractivity contribution in [2.45, 2.75) is 45.6 Å². The molecule has 1 heterocycles. The number of carbonyl (C=O) groups is 1. The summed E-state index contributed by atoms with van der Waals surface area (Å²) in [6, 6.07) is 11.0. The molecule has 1 aliphatic rings. The third-order valence-electron chi connectivity index (χ3n) is 4.29. The molecule has 2 atom stereocenters. The minimum Gasteiger partial charge on any atom is -0.299 e. The second-order valence-corrected chi connectivity index (χ2v) is 5.64. The van der Waals surface area contributed by atoms with Gasteiger partial charge < -0.3 is 0 Å². The summed E-state index contributed by atoms with van der Waals surface area (Å²) in [5.74, 6) is 0.741. The first kappa shape index (κ1) is 14.3. The normalized spacial score (nSPS) is 22.4. The summed E-state index contributed by atoms with van der Waals surface area (Å²) in [4.78, 5) is 14.4. The maximum atomic E-state index is 12.0. The molecule has 2 heteroatoms. The number of unbranched alkanes of at least 4 members (excludes halogenated alkanes) is 1. The molecule has 2 unspecified atom stereocenters. The van der Waals surface area contributed by atoms with Gasteiger partial charge in [-0.25, -0.2) is 0 Å². The van der Waals surface area contributed by atoms with E-state index in [4.69, 9.17) is 0 Å². The van der Waals surface area contributed by atoms with E-state index in [1.807, 2.05) is 0 Å². The van der Waals surface area contributed by atoms with Crippen LogP contribution < -0.4 is 0 Å². The maximum absolute atomic E-state index is 12.0. The van der Waals surface area contributed by atoms with Crippen LogP contribution >= 0.6 is 0 Å². The van der Waals surface area contributed by atoms with Crippen molar-refractivity contribution in [3.05, 3.63) is 35.9 Å². The van der Waals surface area contributed by atoms with E-state index < -0.39 is 0 Å². The molecule has 0 spiro atoms. The van der Waals surface area contributed by atoms with Crippen molar-refractivity contribution in [2.75, 3.05) is 13.1 Å². The van der Waals surface area contributed by atoms with Crippen molar-refractivity contribution < 1.29 is 4.79 Å². The van der Waals surface area contributed by atoms with Gasteiger partial charge >= 0.3 is 0 Å². The molecule has 1 fully saturated rings. The molecule has 0 bridgehead atoms. The van der Waals surface area contributed by atoms with Crippen molar-refractivity contribution in [2.24, 2.45) is 5.92 Å². The molecule has 0 N–H and O–H groups in total. The Labute approximate surface area is 116 Å². The van der Waals surface area contributed by atoms with E-state index in [9.17, 15) is 4.79 Å². The number of benzene rings is 1. The molecule has 104 valence electrons. The van der Waals surface area contributed by atoms with Gasteiger partial charge in [0.15, 0.2) is 0 Å². The van der Waals surface area contributed by atoms with Crippen molar-refractivity contribution >= 4 is 5.78 Å². The van der Waals surface area contributed by atoms with Gasteiger partial charge in [0.25, 0.3) is 0 Å². The number of nitrogens with zero attached hydrogens (tertiary/aromatic N) is 1. The van der Waals surface area contributed by atoms with Crippen molar-refractivity contribution in [1.29, 1.82) is 0 Å². The minimum absolute atomic E-state index is 0.264. The third-order valence-corrected chi connectivity index (χ3v) is 4.29. The molecule has 1 aromatic rings. The monoisotopic (exact) mass is 259 g/mol. The van der Waals surface area contributed by atoms with E-state index in [0.29, 0.717) is 11.8 Å². The lowest BCUT2D eigenvalue weighted by Crippen LogP contribution is -2.42. The SMILES string of the molecule is CCCCC1CN(C(C)c2ccccc2)CCC1=O. The average molecular weight is 259 g/mol. The highest BCUT2D eigenvalue weighted by molar-refractivity contribution is 5.82. The molecule has 0 radical (unpaired) electrons. The van der Waals surface area contributed by atoms with E-state index in [0.717, 1.165) is 25.9 Å². The van der Waals surface area contributed by atoms with Crippen LogP contribution in [0.15, 0.2) is 30.3 Å². The summed E-state index contributed by atoms with van der Waals surface area (Å²) >= 11 is 0. The Morgan fingerprint density at radius 2 is 2.05 bits per heavy atom. The first-order chi connectivity index (χ1) is 9.22. The van der Waals surface area contributed by atoms with Crippen LogP contribution in [0.25, 0.3) is 0 Å². The Morgan fingerprint density at radius 3 is 2.74 bits per heavy atom. The summed E-state index contributed by atoms with van der Waals surface area (Å²) in [6.45, 7) is 6.30. The van der Waals surface area contributed by atoms with Gasteiger partial charge in [0, 0.05) is 31.5 Å². The number of Topliss-reactive ketones (excluding diaryl/α,β-unsaturated/α-hetero) is 1. The van der Waals surface area contributed by atoms with Crippen molar-refractivity contribution in [1.82, 2.24) is 4.90 Å². The van der Waals surface area contributed by atoms with Crippen molar-refractivity contribution in [3.63, 3.8) is 0 Å². The van der Waals surface area contributed by atoms with Gasteiger partial charge in [-0.05, 0) is 18.9 Å². The van der Waals surface area contributed by atoms with Gasteiger partial charge in [-0.15, -0.1) is 0 Å². The predicted molar refractivity (Wildman–Crippen MR) is 79.1 cm³/mol. The fourth-order valence-electron chi connectivity index (χ4n) is 2.93. The van der Waals surface area contributed by atoms with Crippen LogP contribution in [0.2, 0.25) is 0 Å². The number of rotatable bonds is 5. The molecule has 1 aliphatic heterocycles. The second-order valence-electron chi connectivity index (χ2n) is 5.64. The average Bonchev–Trinajstić information content (AvgIpc) is 2.46. The van der Waals surface area contributed by atoms with Crippen LogP contribution in [0.1, 0.15) is 51.1 Å². The number of hydrogen-bond acceptors (Lipinski definition) is 2. The fraction of sp³-hybridized carbons (Fsp3) is 0.588. The van der Waals surface area contributed by atoms with Gasteiger partial charge in [0.2, 0.25) is 0 Å². The van der Waals surface area contributed by atoms with Gasteiger partial charge in [-0.3, -0.25) is 9.69 Å². The zero-order chi connectivity index (χ0) is 13.7. The Kier molecular flexibility index (Phi) is 5.15. The van der Waals surface area contributed by atoms with Crippen LogP contribution in [0.4, 0.5) is 0 Å². The topological polar surface area (TPSA) is 20.3 Å². The molecule has 0 aromatic heterocycles. The van der Waals surface area contributed by atoms with E-state index in [1.54, 1.807) is 0 Å². The number of carbonyl (C=O) groups excluding carboxylic acids is 1. The molecule has 2 rings (SSSR count). The molecule has 0 aliphatic carbocycles. The van der Waals surface area contributed by atoms with Crippen LogP contribution in [-0.2, 0) is 4.79 Å². The van der Waals surface area contributed by atoms with Gasteiger partial charge in [-0.2, -0.15) is 0 Å². The second kappa shape index (κ2) is 6.85. The summed E-state index contributed by atoms with van der Waals surface area (Å²) in [6.07, 6.45) is 4.14. The standard InChI is InChI=1S/C17H25NO/c1-3-4-8-16-13-18(12-11-17(16)19)14(2)15-9-6-5-7-10-15/h5-7,9-10,14,16H,3-4,8,11-13H2,1-2H3. The first-order valence-corrected chi connectivity index (χ1v) is 7.54. The summed E-state index contributed by atoms with van der Waals surface area (Å²) in [7, 11) is 0. The first-order valence-electron chi connectivity index (χ1n) is 7.54. The van der Waals surface area contributed by atoms with E-state index in [-0.39, 0.29) is 5.92 Å². The van der Waals surface area contributed by atoms with E-state index in [2.05, 4.69) is 49.1 Å². The number of piperidine rings is 1. The lowest BCUT2D eigenvalue weighted by molar-refractivity contribution is -0.127. The zero-order valence-corrected chi connectivity index (χ0v) is 12.1. The highest BCUT2D eigenvalue weighted by Crippen LogP contribution is 2.27. The van der Waals surface area contributed by atoms with E-state index >= 15 is 0 Å². The number of likely N-dealkylation sites (tertiary alicyclic amines) is 1. The molecule has 1 saturated heterocycles. The summed E-state index contributed by atoms with van der Waals surface area (Å²) in [5.41, 5.74) is 1.35. The number of ketones is 1. The minimum atomic E-state index is 0.264. The predicted octanol–water partition coefficient (Wildman–Crippen LogP) is 3.83. The van der Waals surface area contributed by atoms with Crippen LogP contribution in [0.3, 0.4) is 0 Å². The Morgan fingerprint density at radius 1 is 1.32 bits per heavy atom. The highest BCUT2D eigenvalue weighted by Gasteiger charge is 2.29. The summed E-state index contributed by atoms with van der Waals surface area (Å²) < 4.78 is 0. The Bertz CT molecular complexity index is 401. The van der Waals surface area contributed by atoms with Gasteiger partial charge in [-0.1, -0.05) is 50.1 Å². The van der Waals surface area contributed by atoms with E-state index in [1.165, 1.54) is 18.4 Å². The van der Waals surface area contributed by atoms with Gasteiger partial charge in [0.1, 0.15) is 5.78 Å². The molecule has 0 saturated carbocycles. The molecular weight excluding hydrogens is 234 g/mol. The van der Waals surface area contributed by atoms with Crippen molar-refractivity contribution in [3.8, 4) is 0 Å². The van der Waals surface area contributed by atoms with Crippen LogP contribution in [0.5, 0.6) is 0 Å². The molecule has 1 aromatic carbocycles. The molecule has 19 heavy (non-hydrogen) atoms. The quantitative estimate of drug-likeness (QED) is 0.801. The Hall–Kier alpha value is -1.15. The zero-order valence-electron chi connectivity index (χ0n) is 12.1. The van der Waals surface area contributed by atoms with Crippen LogP contribution in [0, 0.1) is 5.92 Å². The molecule has 0 amide bonds. The largest absolute Gasteiger partial charge is 0.299 e. The highest BCUT2D eigenvalue weighted by atomic mass is 16.1. The smallest absolute Gasteiger partial charge is 0.138 e. The Balaban J connectivity index is 1.99. The fourth-order valence-corrected chi connectivity index (χ4v) is 2.93. The molecular formula is C17H25NO.